The molecule has 178 valence electrons. The normalized spacial score (nSPS) is 13.4. The topological polar surface area (TPSA) is 109 Å². The van der Waals surface area contributed by atoms with Crippen LogP contribution >= 0.6 is 0 Å². The molecule has 1 aliphatic heterocycles. The summed E-state index contributed by atoms with van der Waals surface area (Å²) in [5.74, 6) is 0.763. The lowest BCUT2D eigenvalue weighted by atomic mass is 10.0. The van der Waals surface area contributed by atoms with Gasteiger partial charge in [0.05, 0.1) is 35.3 Å². The second-order valence-electron chi connectivity index (χ2n) is 8.42. The van der Waals surface area contributed by atoms with Crippen molar-refractivity contribution in [3.63, 3.8) is 0 Å². The van der Waals surface area contributed by atoms with E-state index in [-0.39, 0.29) is 17.5 Å². The number of aryl methyl sites for hydroxylation is 1. The van der Waals surface area contributed by atoms with E-state index in [0.29, 0.717) is 54.9 Å². The number of hydrogen-bond acceptors (Lipinski definition) is 5. The van der Waals surface area contributed by atoms with E-state index in [1.807, 2.05) is 35.9 Å². The van der Waals surface area contributed by atoms with Crippen LogP contribution in [0.3, 0.4) is 0 Å². The van der Waals surface area contributed by atoms with Crippen LogP contribution in [0.25, 0.3) is 11.0 Å². The van der Waals surface area contributed by atoms with Crippen molar-refractivity contribution >= 4 is 28.6 Å². The van der Waals surface area contributed by atoms with E-state index in [2.05, 4.69) is 10.6 Å². The molecule has 0 saturated heterocycles. The zero-order chi connectivity index (χ0) is 24.2. The minimum Gasteiger partial charge on any atom is -0.497 e. The number of alkyl halides is 1. The van der Waals surface area contributed by atoms with Crippen molar-refractivity contribution in [3.05, 3.63) is 58.9 Å². The summed E-state index contributed by atoms with van der Waals surface area (Å²) in [5.41, 5.74) is 3.25. The average molecular weight is 466 g/mol. The van der Waals surface area contributed by atoms with Crippen molar-refractivity contribution in [1.82, 2.24) is 20.2 Å². The molecular weight excluding hydrogens is 437 g/mol. The maximum atomic E-state index is 13.3. The Labute approximate surface area is 197 Å². The molecule has 1 aromatic heterocycles. The van der Waals surface area contributed by atoms with Gasteiger partial charge in [-0.05, 0) is 43.0 Å². The number of ether oxygens (including phenoxy) is 1. The van der Waals surface area contributed by atoms with Gasteiger partial charge in [0.25, 0.3) is 11.8 Å². The molecule has 3 N–H and O–H groups in total. The lowest BCUT2D eigenvalue weighted by Gasteiger charge is -2.19. The van der Waals surface area contributed by atoms with Crippen LogP contribution in [0.5, 0.6) is 5.75 Å². The number of rotatable bonds is 10. The van der Waals surface area contributed by atoms with Crippen LogP contribution in [-0.2, 0) is 13.6 Å². The third-order valence-electron chi connectivity index (χ3n) is 6.18. The zero-order valence-electron chi connectivity index (χ0n) is 19.3. The van der Waals surface area contributed by atoms with E-state index in [4.69, 9.17) is 15.1 Å². The number of halogens is 1. The number of unbranched alkanes of at least 4 members (excludes halogenated alkanes) is 1. The number of aromatic nitrogens is 2. The first-order valence-electron chi connectivity index (χ1n) is 11.3. The molecular formula is C25H28FN5O3. The van der Waals surface area contributed by atoms with E-state index in [1.165, 1.54) is 0 Å². The van der Waals surface area contributed by atoms with Crippen LogP contribution in [0.1, 0.15) is 63.8 Å². The van der Waals surface area contributed by atoms with Gasteiger partial charge in [-0.15, -0.1) is 0 Å². The standard InChI is InChI=1S/C25H28FN5O3/c1-31-21-11-10-17(34-2)12-20(21)29-23(31)19(9-4-3-7-16(27)13-26)30-24(32)18-8-5-6-15-14-28-25(33)22(15)18/h5-6,8,10-12,19,27H,3-4,7,9,13-14H2,1-2H3,(H,28,33)(H,30,32)/t19-/m0/s1. The molecule has 2 aromatic carbocycles. The Bertz CT molecular complexity index is 1250. The smallest absolute Gasteiger partial charge is 0.252 e. The molecule has 0 radical (unpaired) electrons. The molecule has 0 spiro atoms. The molecule has 0 unspecified atom stereocenters. The Morgan fingerprint density at radius 1 is 1.32 bits per heavy atom. The van der Waals surface area contributed by atoms with Gasteiger partial charge in [0.1, 0.15) is 18.2 Å². The van der Waals surface area contributed by atoms with Gasteiger partial charge in [0.2, 0.25) is 0 Å². The summed E-state index contributed by atoms with van der Waals surface area (Å²) in [6, 6.07) is 10.4. The lowest BCUT2D eigenvalue weighted by Crippen LogP contribution is -2.31. The van der Waals surface area contributed by atoms with Crippen LogP contribution in [0.15, 0.2) is 36.4 Å². The van der Waals surface area contributed by atoms with Gasteiger partial charge in [-0.25, -0.2) is 9.37 Å². The minimum atomic E-state index is -0.742. The number of nitrogens with zero attached hydrogens (tertiary/aromatic N) is 2. The third kappa shape index (κ3) is 4.64. The molecule has 34 heavy (non-hydrogen) atoms. The fourth-order valence-electron chi connectivity index (χ4n) is 4.36. The first-order valence-corrected chi connectivity index (χ1v) is 11.3. The molecule has 0 saturated carbocycles. The molecule has 0 aliphatic carbocycles. The molecule has 8 nitrogen and oxygen atoms in total. The van der Waals surface area contributed by atoms with Gasteiger partial charge < -0.3 is 25.3 Å². The molecule has 0 bridgehead atoms. The Hall–Kier alpha value is -3.75. The summed E-state index contributed by atoms with van der Waals surface area (Å²) in [6.07, 6.45) is 2.24. The van der Waals surface area contributed by atoms with Gasteiger partial charge in [0, 0.05) is 25.4 Å². The van der Waals surface area contributed by atoms with Crippen LogP contribution in [0.2, 0.25) is 0 Å². The summed E-state index contributed by atoms with van der Waals surface area (Å²) in [7, 11) is 3.49. The van der Waals surface area contributed by atoms with Crippen LogP contribution in [0.4, 0.5) is 4.39 Å². The van der Waals surface area contributed by atoms with Crippen LogP contribution in [-0.4, -0.2) is 40.9 Å². The Morgan fingerprint density at radius 3 is 2.91 bits per heavy atom. The van der Waals surface area contributed by atoms with Crippen molar-refractivity contribution in [2.45, 2.75) is 38.3 Å². The number of imidazole rings is 1. The molecule has 2 amide bonds. The molecule has 3 aromatic rings. The summed E-state index contributed by atoms with van der Waals surface area (Å²) in [4.78, 5) is 30.4. The van der Waals surface area contributed by atoms with Crippen molar-refractivity contribution in [1.29, 1.82) is 5.41 Å². The number of methoxy groups -OCH3 is 1. The summed E-state index contributed by atoms with van der Waals surface area (Å²) >= 11 is 0. The van der Waals surface area contributed by atoms with Gasteiger partial charge in [0.15, 0.2) is 0 Å². The van der Waals surface area contributed by atoms with E-state index in [9.17, 15) is 14.0 Å². The van der Waals surface area contributed by atoms with Gasteiger partial charge in [-0.1, -0.05) is 18.6 Å². The van der Waals surface area contributed by atoms with E-state index >= 15 is 0 Å². The minimum absolute atomic E-state index is 0.0706. The Morgan fingerprint density at radius 2 is 2.15 bits per heavy atom. The predicted octanol–water partition coefficient (Wildman–Crippen LogP) is 3.85. The predicted molar refractivity (Wildman–Crippen MR) is 127 cm³/mol. The average Bonchev–Trinajstić information content (AvgIpc) is 3.39. The van der Waals surface area contributed by atoms with E-state index in [1.54, 1.807) is 19.2 Å². The van der Waals surface area contributed by atoms with Gasteiger partial charge >= 0.3 is 0 Å². The SMILES string of the molecule is COc1ccc2c(c1)nc([C@H](CCCCC(=N)CF)NC(=O)c1cccc3c1C(=O)NC3)n2C. The monoisotopic (exact) mass is 465 g/mol. The third-order valence-corrected chi connectivity index (χ3v) is 6.18. The molecule has 2 heterocycles. The largest absolute Gasteiger partial charge is 0.497 e. The Kier molecular flexibility index (Phi) is 6.90. The number of fused-ring (bicyclic) bond motifs is 2. The summed E-state index contributed by atoms with van der Waals surface area (Å²) < 4.78 is 19.9. The summed E-state index contributed by atoms with van der Waals surface area (Å²) in [5, 5.41) is 13.4. The van der Waals surface area contributed by atoms with Crippen molar-refractivity contribution in [3.8, 4) is 5.75 Å². The molecule has 1 aliphatic rings. The number of carbonyl (C=O) groups excluding carboxylic acids is 2. The number of carbonyl (C=O) groups is 2. The second kappa shape index (κ2) is 10.0. The first kappa shape index (κ1) is 23.4. The van der Waals surface area contributed by atoms with E-state index < -0.39 is 12.7 Å². The summed E-state index contributed by atoms with van der Waals surface area (Å²) in [6.45, 7) is -0.334. The zero-order valence-corrected chi connectivity index (χ0v) is 19.3. The van der Waals surface area contributed by atoms with Crippen LogP contribution < -0.4 is 15.4 Å². The van der Waals surface area contributed by atoms with Gasteiger partial charge in [-0.2, -0.15) is 0 Å². The van der Waals surface area contributed by atoms with Gasteiger partial charge in [-0.3, -0.25) is 9.59 Å². The highest BCUT2D eigenvalue weighted by atomic mass is 19.1. The quantitative estimate of drug-likeness (QED) is 0.312. The first-order chi connectivity index (χ1) is 16.4. The maximum absolute atomic E-state index is 13.3. The fraction of sp³-hybridized carbons (Fsp3) is 0.360. The fourth-order valence-corrected chi connectivity index (χ4v) is 4.36. The Balaban J connectivity index is 1.62. The highest BCUT2D eigenvalue weighted by Crippen LogP contribution is 2.27. The highest BCUT2D eigenvalue weighted by Gasteiger charge is 2.28. The number of nitrogens with one attached hydrogen (secondary N) is 3. The number of hydrogen-bond donors (Lipinski definition) is 3. The van der Waals surface area contributed by atoms with Crippen molar-refractivity contribution in [2.75, 3.05) is 13.8 Å². The maximum Gasteiger partial charge on any atom is 0.252 e. The van der Waals surface area contributed by atoms with Crippen molar-refractivity contribution in [2.24, 2.45) is 7.05 Å². The molecule has 1 atom stereocenters. The highest BCUT2D eigenvalue weighted by molar-refractivity contribution is 6.09. The van der Waals surface area contributed by atoms with E-state index in [0.717, 1.165) is 16.6 Å². The molecule has 9 heteroatoms. The number of benzene rings is 2. The van der Waals surface area contributed by atoms with Crippen molar-refractivity contribution < 1.29 is 18.7 Å². The molecule has 4 rings (SSSR count). The molecule has 0 fully saturated rings. The lowest BCUT2D eigenvalue weighted by molar-refractivity contribution is 0.0912. The van der Waals surface area contributed by atoms with Crippen LogP contribution in [0, 0.1) is 5.41 Å². The second-order valence-corrected chi connectivity index (χ2v) is 8.42. The number of amides is 2.